The highest BCUT2D eigenvalue weighted by molar-refractivity contribution is 6.32. The van der Waals surface area contributed by atoms with E-state index < -0.39 is 5.97 Å². The first kappa shape index (κ1) is 7.85. The van der Waals surface area contributed by atoms with Crippen molar-refractivity contribution in [2.75, 3.05) is 0 Å². The summed E-state index contributed by atoms with van der Waals surface area (Å²) in [5, 5.41) is 8.76. The molecule has 0 bridgehead atoms. The summed E-state index contributed by atoms with van der Waals surface area (Å²) in [5.74, 6) is -1.02. The number of hydrogen-bond donors (Lipinski definition) is 1. The maximum atomic E-state index is 10.7. The summed E-state index contributed by atoms with van der Waals surface area (Å²) >= 11 is 0. The van der Waals surface area contributed by atoms with Crippen molar-refractivity contribution in [1.82, 2.24) is 9.38 Å². The number of hydrogen-bond acceptors (Lipinski definition) is 2. The molecule has 0 atom stereocenters. The van der Waals surface area contributed by atoms with Crippen LogP contribution in [0.4, 0.5) is 0 Å². The number of imidazole rings is 1. The van der Waals surface area contributed by atoms with Crippen LogP contribution in [-0.2, 0) is 0 Å². The fourth-order valence-corrected chi connectivity index (χ4v) is 1.16. The van der Waals surface area contributed by atoms with Crippen molar-refractivity contribution in [3.8, 4) is 0 Å². The van der Waals surface area contributed by atoms with Crippen LogP contribution >= 0.6 is 0 Å². The van der Waals surface area contributed by atoms with Crippen molar-refractivity contribution in [3.63, 3.8) is 0 Å². The molecule has 2 aromatic heterocycles. The Balaban J connectivity index is 2.79. The monoisotopic (exact) mass is 172 g/mol. The van der Waals surface area contributed by atoms with Crippen molar-refractivity contribution in [2.24, 2.45) is 0 Å². The van der Waals surface area contributed by atoms with Gasteiger partial charge in [0.05, 0.1) is 6.20 Å². The topological polar surface area (TPSA) is 54.6 Å². The van der Waals surface area contributed by atoms with E-state index in [1.165, 1.54) is 16.8 Å². The standard InChI is InChI=1S/C8H5BN2O2/c9-5-1-2-7-10-3-6(8(12)13)11(7)4-5/h1-4H,(H,12,13). The molecular formula is C8H5BN2O2. The Morgan fingerprint density at radius 1 is 1.54 bits per heavy atom. The number of nitrogens with zero attached hydrogens (tertiary/aromatic N) is 2. The number of pyridine rings is 1. The van der Waals surface area contributed by atoms with Gasteiger partial charge in [0.25, 0.3) is 0 Å². The molecule has 2 rings (SSSR count). The summed E-state index contributed by atoms with van der Waals surface area (Å²) in [5.41, 5.74) is 1.20. The third-order valence-corrected chi connectivity index (χ3v) is 1.75. The number of fused-ring (bicyclic) bond motifs is 1. The van der Waals surface area contributed by atoms with Gasteiger partial charge in [0.15, 0.2) is 5.69 Å². The van der Waals surface area contributed by atoms with Crippen molar-refractivity contribution < 1.29 is 9.90 Å². The molecule has 4 nitrogen and oxygen atoms in total. The largest absolute Gasteiger partial charge is 0.477 e. The van der Waals surface area contributed by atoms with Gasteiger partial charge in [0.2, 0.25) is 0 Å². The molecule has 2 heterocycles. The van der Waals surface area contributed by atoms with E-state index in [9.17, 15) is 4.79 Å². The van der Waals surface area contributed by atoms with Crippen LogP contribution in [0.2, 0.25) is 0 Å². The lowest BCUT2D eigenvalue weighted by Gasteiger charge is -1.97. The van der Waals surface area contributed by atoms with E-state index in [4.69, 9.17) is 13.0 Å². The molecule has 0 fully saturated rings. The average molecular weight is 172 g/mol. The number of carboxylic acids is 1. The van der Waals surface area contributed by atoms with Gasteiger partial charge in [0, 0.05) is 6.20 Å². The maximum absolute atomic E-state index is 10.7. The van der Waals surface area contributed by atoms with E-state index in [0.29, 0.717) is 11.1 Å². The van der Waals surface area contributed by atoms with Crippen LogP contribution in [0.25, 0.3) is 5.65 Å². The molecule has 0 aliphatic heterocycles. The Labute approximate surface area is 75.2 Å². The summed E-state index contributed by atoms with van der Waals surface area (Å²) in [6.45, 7) is 0. The third-order valence-electron chi connectivity index (χ3n) is 1.75. The molecule has 0 spiro atoms. The van der Waals surface area contributed by atoms with Crippen LogP contribution in [0.3, 0.4) is 0 Å². The molecule has 0 aliphatic carbocycles. The van der Waals surface area contributed by atoms with Gasteiger partial charge < -0.3 is 5.11 Å². The summed E-state index contributed by atoms with van der Waals surface area (Å²) in [6.07, 6.45) is 2.84. The van der Waals surface area contributed by atoms with Gasteiger partial charge in [-0.1, -0.05) is 11.5 Å². The minimum absolute atomic E-state index is 0.113. The Hall–Kier alpha value is -1.78. The molecule has 0 amide bonds. The highest BCUT2D eigenvalue weighted by atomic mass is 16.4. The third kappa shape index (κ3) is 1.18. The molecule has 5 heteroatoms. The molecule has 2 aromatic rings. The summed E-state index contributed by atoms with van der Waals surface area (Å²) in [6, 6.07) is 3.34. The highest BCUT2D eigenvalue weighted by Crippen LogP contribution is 2.04. The Morgan fingerprint density at radius 3 is 3.00 bits per heavy atom. The Kier molecular flexibility index (Phi) is 1.58. The smallest absolute Gasteiger partial charge is 0.354 e. The van der Waals surface area contributed by atoms with Crippen LogP contribution in [-0.4, -0.2) is 28.3 Å². The quantitative estimate of drug-likeness (QED) is 0.607. The van der Waals surface area contributed by atoms with Gasteiger partial charge in [0.1, 0.15) is 13.5 Å². The van der Waals surface area contributed by atoms with Crippen molar-refractivity contribution in [1.29, 1.82) is 0 Å². The lowest BCUT2D eigenvalue weighted by molar-refractivity contribution is 0.0689. The summed E-state index contributed by atoms with van der Waals surface area (Å²) in [4.78, 5) is 14.6. The van der Waals surface area contributed by atoms with Crippen LogP contribution in [0, 0.1) is 0 Å². The van der Waals surface area contributed by atoms with E-state index in [1.54, 1.807) is 12.1 Å². The van der Waals surface area contributed by atoms with Crippen LogP contribution < -0.4 is 5.46 Å². The minimum atomic E-state index is -1.02. The van der Waals surface area contributed by atoms with Gasteiger partial charge in [-0.2, -0.15) is 0 Å². The van der Waals surface area contributed by atoms with E-state index >= 15 is 0 Å². The maximum Gasteiger partial charge on any atom is 0.354 e. The van der Waals surface area contributed by atoms with Gasteiger partial charge in [-0.25, -0.2) is 9.78 Å². The zero-order chi connectivity index (χ0) is 9.42. The van der Waals surface area contributed by atoms with Crippen molar-refractivity contribution >= 4 is 24.9 Å². The minimum Gasteiger partial charge on any atom is -0.477 e. The number of rotatable bonds is 1. The fraction of sp³-hybridized carbons (Fsp3) is 0. The zero-order valence-corrected chi connectivity index (χ0v) is 6.64. The normalized spacial score (nSPS) is 10.5. The molecule has 0 aromatic carbocycles. The fourth-order valence-electron chi connectivity index (χ4n) is 1.16. The van der Waals surface area contributed by atoms with Gasteiger partial charge >= 0.3 is 5.97 Å². The van der Waals surface area contributed by atoms with Crippen molar-refractivity contribution in [3.05, 3.63) is 30.2 Å². The highest BCUT2D eigenvalue weighted by Gasteiger charge is 2.08. The van der Waals surface area contributed by atoms with Crippen LogP contribution in [0.15, 0.2) is 24.5 Å². The molecule has 0 aliphatic rings. The van der Waals surface area contributed by atoms with Crippen molar-refractivity contribution in [2.45, 2.75) is 0 Å². The Bertz CT molecular complexity index is 478. The average Bonchev–Trinajstić information content (AvgIpc) is 2.46. The number of carbonyl (C=O) groups is 1. The second-order valence-electron chi connectivity index (χ2n) is 2.64. The Morgan fingerprint density at radius 2 is 2.31 bits per heavy atom. The predicted molar refractivity (Wildman–Crippen MR) is 47.5 cm³/mol. The summed E-state index contributed by atoms with van der Waals surface area (Å²) < 4.78 is 1.44. The van der Waals surface area contributed by atoms with E-state index in [0.717, 1.165) is 0 Å². The molecule has 0 unspecified atom stereocenters. The van der Waals surface area contributed by atoms with Gasteiger partial charge in [-0.3, -0.25) is 4.40 Å². The zero-order valence-electron chi connectivity index (χ0n) is 6.64. The first-order valence-electron chi connectivity index (χ1n) is 3.64. The molecule has 13 heavy (non-hydrogen) atoms. The molecule has 1 N–H and O–H groups in total. The predicted octanol–water partition coefficient (Wildman–Crippen LogP) is -0.174. The second-order valence-corrected chi connectivity index (χ2v) is 2.64. The molecule has 62 valence electrons. The first-order valence-corrected chi connectivity index (χ1v) is 3.64. The molecule has 0 saturated carbocycles. The van der Waals surface area contributed by atoms with E-state index in [-0.39, 0.29) is 5.69 Å². The summed E-state index contributed by atoms with van der Waals surface area (Å²) in [7, 11) is 5.51. The molecular weight excluding hydrogens is 167 g/mol. The van der Waals surface area contributed by atoms with Crippen LogP contribution in [0.1, 0.15) is 10.5 Å². The number of aromatic nitrogens is 2. The van der Waals surface area contributed by atoms with E-state index in [2.05, 4.69) is 4.98 Å². The molecule has 0 saturated heterocycles. The number of aromatic carboxylic acids is 1. The SMILES string of the molecule is [B]c1ccc2ncc(C(=O)O)n2c1. The number of carboxylic acid groups (broad SMARTS) is 1. The first-order chi connectivity index (χ1) is 6.18. The van der Waals surface area contributed by atoms with Gasteiger partial charge in [-0.15, -0.1) is 0 Å². The van der Waals surface area contributed by atoms with Crippen LogP contribution in [0.5, 0.6) is 0 Å². The lowest BCUT2D eigenvalue weighted by atomic mass is 9.99. The second kappa shape index (κ2) is 2.62. The lowest BCUT2D eigenvalue weighted by Crippen LogP contribution is -2.08. The molecule has 2 radical (unpaired) electrons. The van der Waals surface area contributed by atoms with E-state index in [1.807, 2.05) is 0 Å². The van der Waals surface area contributed by atoms with Gasteiger partial charge in [-0.05, 0) is 6.07 Å².